The molecule has 0 bridgehead atoms. The molecule has 0 atom stereocenters. The van der Waals surface area contributed by atoms with Gasteiger partial charge in [-0.3, -0.25) is 4.79 Å². The van der Waals surface area contributed by atoms with Crippen molar-refractivity contribution < 1.29 is 14.3 Å². The molecule has 0 unspecified atom stereocenters. The first kappa shape index (κ1) is 24.7. The second kappa shape index (κ2) is 11.8. The highest BCUT2D eigenvalue weighted by Gasteiger charge is 2.19. The molecule has 33 heavy (non-hydrogen) atoms. The summed E-state index contributed by atoms with van der Waals surface area (Å²) in [5.74, 6) is 1.19. The molecular weight excluding hydrogens is 457 g/mol. The fourth-order valence-electron chi connectivity index (χ4n) is 3.57. The molecule has 0 aliphatic rings. The smallest absolute Gasteiger partial charge is 0.255 e. The van der Waals surface area contributed by atoms with Gasteiger partial charge in [-0.1, -0.05) is 71.2 Å². The van der Waals surface area contributed by atoms with Crippen molar-refractivity contribution >= 4 is 35.2 Å². The lowest BCUT2D eigenvalue weighted by molar-refractivity contribution is 0.0772. The van der Waals surface area contributed by atoms with Crippen LogP contribution in [0.1, 0.15) is 28.4 Å². The van der Waals surface area contributed by atoms with E-state index in [0.29, 0.717) is 46.6 Å². The van der Waals surface area contributed by atoms with Crippen molar-refractivity contribution in [1.82, 2.24) is 4.90 Å². The van der Waals surface area contributed by atoms with Crippen LogP contribution in [0.15, 0.2) is 72.3 Å². The molecule has 0 N–H and O–H groups in total. The van der Waals surface area contributed by atoms with Crippen molar-refractivity contribution in [2.75, 3.05) is 27.3 Å². The van der Waals surface area contributed by atoms with Crippen LogP contribution in [-0.4, -0.2) is 38.1 Å². The Morgan fingerprint density at radius 1 is 0.939 bits per heavy atom. The highest BCUT2D eigenvalue weighted by atomic mass is 35.5. The zero-order chi connectivity index (χ0) is 23.8. The van der Waals surface area contributed by atoms with Crippen LogP contribution in [0.25, 0.3) is 6.08 Å². The summed E-state index contributed by atoms with van der Waals surface area (Å²) in [5, 5.41) is 0.835. The maximum Gasteiger partial charge on any atom is 0.255 e. The number of carbonyl (C=O) groups excluding carboxylic acids is 1. The Kier molecular flexibility index (Phi) is 8.81. The lowest BCUT2D eigenvalue weighted by Gasteiger charge is -2.24. The molecule has 1 amide bonds. The van der Waals surface area contributed by atoms with Gasteiger partial charge in [0, 0.05) is 18.1 Å². The number of nitrogens with zero attached hydrogens (tertiary/aromatic N) is 1. The number of amides is 1. The molecule has 0 spiro atoms. The zero-order valence-corrected chi connectivity index (χ0v) is 20.5. The summed E-state index contributed by atoms with van der Waals surface area (Å²) < 4.78 is 10.7. The monoisotopic (exact) mass is 483 g/mol. The largest absolute Gasteiger partial charge is 0.493 e. The molecule has 0 aliphatic carbocycles. The number of rotatable bonds is 9. The molecule has 0 heterocycles. The van der Waals surface area contributed by atoms with Crippen LogP contribution in [-0.2, 0) is 6.42 Å². The average molecular weight is 484 g/mol. The van der Waals surface area contributed by atoms with Crippen molar-refractivity contribution in [2.45, 2.75) is 13.3 Å². The third-order valence-electron chi connectivity index (χ3n) is 5.22. The molecule has 3 aromatic carbocycles. The van der Waals surface area contributed by atoms with E-state index in [2.05, 4.69) is 6.08 Å². The molecule has 4 nitrogen and oxygen atoms in total. The predicted molar refractivity (Wildman–Crippen MR) is 136 cm³/mol. The summed E-state index contributed by atoms with van der Waals surface area (Å²) >= 11 is 12.4. The summed E-state index contributed by atoms with van der Waals surface area (Å²) in [4.78, 5) is 15.2. The number of benzene rings is 3. The van der Waals surface area contributed by atoms with Gasteiger partial charge in [0.25, 0.3) is 5.91 Å². The number of methoxy groups -OCH3 is 2. The fourth-order valence-corrected chi connectivity index (χ4v) is 4.06. The van der Waals surface area contributed by atoms with E-state index in [1.54, 1.807) is 37.3 Å². The first-order valence-corrected chi connectivity index (χ1v) is 11.3. The summed E-state index contributed by atoms with van der Waals surface area (Å²) in [5.41, 5.74) is 3.62. The number of carbonyl (C=O) groups is 1. The normalized spacial score (nSPS) is 11.2. The van der Waals surface area contributed by atoms with Gasteiger partial charge in [-0.05, 0) is 54.8 Å². The molecule has 3 aromatic rings. The summed E-state index contributed by atoms with van der Waals surface area (Å²) in [6.45, 7) is 3.00. The topological polar surface area (TPSA) is 38.8 Å². The van der Waals surface area contributed by atoms with Gasteiger partial charge in [0.05, 0.1) is 24.8 Å². The maximum absolute atomic E-state index is 13.4. The van der Waals surface area contributed by atoms with E-state index in [4.69, 9.17) is 32.7 Å². The van der Waals surface area contributed by atoms with E-state index in [-0.39, 0.29) is 5.91 Å². The van der Waals surface area contributed by atoms with Crippen LogP contribution in [0.5, 0.6) is 11.5 Å². The average Bonchev–Trinajstić information content (AvgIpc) is 2.81. The van der Waals surface area contributed by atoms with Gasteiger partial charge >= 0.3 is 0 Å². The van der Waals surface area contributed by atoms with Crippen LogP contribution in [0.4, 0.5) is 0 Å². The van der Waals surface area contributed by atoms with E-state index in [1.165, 1.54) is 0 Å². The van der Waals surface area contributed by atoms with Gasteiger partial charge in [0.15, 0.2) is 11.5 Å². The van der Waals surface area contributed by atoms with E-state index < -0.39 is 0 Å². The van der Waals surface area contributed by atoms with Gasteiger partial charge in [0.1, 0.15) is 0 Å². The van der Waals surface area contributed by atoms with E-state index >= 15 is 0 Å². The number of ether oxygens (including phenoxy) is 2. The van der Waals surface area contributed by atoms with Crippen LogP contribution in [0.2, 0.25) is 10.0 Å². The Hall–Kier alpha value is -2.95. The third-order valence-corrected chi connectivity index (χ3v) is 5.77. The minimum absolute atomic E-state index is 0.141. The van der Waals surface area contributed by atoms with Crippen molar-refractivity contribution in [2.24, 2.45) is 0 Å². The first-order valence-electron chi connectivity index (χ1n) is 10.6. The molecule has 0 radical (unpaired) electrons. The second-order valence-electron chi connectivity index (χ2n) is 7.69. The Morgan fingerprint density at radius 3 is 2.33 bits per heavy atom. The Bertz CT molecular complexity index is 1130. The van der Waals surface area contributed by atoms with Crippen LogP contribution >= 0.6 is 23.2 Å². The second-order valence-corrected chi connectivity index (χ2v) is 8.54. The molecular formula is C27H27Cl2NO3. The Balaban J connectivity index is 1.84. The zero-order valence-electron chi connectivity index (χ0n) is 19.0. The van der Waals surface area contributed by atoms with Crippen molar-refractivity contribution in [3.63, 3.8) is 0 Å². The van der Waals surface area contributed by atoms with E-state index in [1.807, 2.05) is 55.5 Å². The highest BCUT2D eigenvalue weighted by Crippen LogP contribution is 2.28. The highest BCUT2D eigenvalue weighted by molar-refractivity contribution is 6.36. The lowest BCUT2D eigenvalue weighted by Crippen LogP contribution is -2.34. The maximum atomic E-state index is 13.4. The molecule has 0 saturated heterocycles. The minimum Gasteiger partial charge on any atom is -0.493 e. The van der Waals surface area contributed by atoms with Crippen molar-refractivity contribution in [3.8, 4) is 11.5 Å². The molecule has 0 fully saturated rings. The number of hydrogen-bond donors (Lipinski definition) is 0. The van der Waals surface area contributed by atoms with E-state index in [0.717, 1.165) is 16.7 Å². The van der Waals surface area contributed by atoms with E-state index in [9.17, 15) is 4.79 Å². The molecule has 172 valence electrons. The number of halogens is 2. The summed E-state index contributed by atoms with van der Waals surface area (Å²) in [6.07, 6.45) is 2.73. The first-order chi connectivity index (χ1) is 15.9. The van der Waals surface area contributed by atoms with Gasteiger partial charge in [-0.15, -0.1) is 0 Å². The molecule has 6 heteroatoms. The van der Waals surface area contributed by atoms with Crippen molar-refractivity contribution in [1.29, 1.82) is 0 Å². The lowest BCUT2D eigenvalue weighted by atomic mass is 10.1. The standard InChI is InChI=1S/C27H27Cl2NO3/c1-19(15-20-7-5-4-6-8-20)18-30(27(31)23-11-10-22(28)17-24(23)29)14-13-21-9-12-25(32-2)26(16-21)33-3/h4-12,15-17H,13-14,18H2,1-3H3. The SMILES string of the molecule is COc1ccc(CCN(CC(C)=Cc2ccccc2)C(=O)c2ccc(Cl)cc2Cl)cc1OC. The number of hydrogen-bond acceptors (Lipinski definition) is 3. The molecule has 0 aliphatic heterocycles. The Labute approximate surface area is 205 Å². The molecule has 0 saturated carbocycles. The predicted octanol–water partition coefficient (Wildman–Crippen LogP) is 6.80. The van der Waals surface area contributed by atoms with Gasteiger partial charge < -0.3 is 14.4 Å². The van der Waals surface area contributed by atoms with Crippen molar-refractivity contribution in [3.05, 3.63) is 99.0 Å². The van der Waals surface area contributed by atoms with Gasteiger partial charge in [-0.2, -0.15) is 0 Å². The summed E-state index contributed by atoms with van der Waals surface area (Å²) in [6, 6.07) is 20.8. The summed E-state index contributed by atoms with van der Waals surface area (Å²) in [7, 11) is 3.22. The van der Waals surface area contributed by atoms with Crippen LogP contribution in [0, 0.1) is 0 Å². The van der Waals surface area contributed by atoms with Crippen LogP contribution < -0.4 is 9.47 Å². The van der Waals surface area contributed by atoms with Gasteiger partial charge in [-0.25, -0.2) is 0 Å². The van der Waals surface area contributed by atoms with Gasteiger partial charge in [0.2, 0.25) is 0 Å². The molecule has 3 rings (SSSR count). The third kappa shape index (κ3) is 6.77. The quantitative estimate of drug-likeness (QED) is 0.335. The minimum atomic E-state index is -0.141. The van der Waals surface area contributed by atoms with Crippen LogP contribution in [0.3, 0.4) is 0 Å². The molecule has 0 aromatic heterocycles. The fraction of sp³-hybridized carbons (Fsp3) is 0.222. The Morgan fingerprint density at radius 2 is 1.67 bits per heavy atom.